The number of hydrogen-bond acceptors (Lipinski definition) is 3. The summed E-state index contributed by atoms with van der Waals surface area (Å²) in [6.07, 6.45) is -4.93. The van der Waals surface area contributed by atoms with Gasteiger partial charge in [-0.3, -0.25) is 4.79 Å². The van der Waals surface area contributed by atoms with Crippen LogP contribution >= 0.6 is 0 Å². The van der Waals surface area contributed by atoms with Crippen molar-refractivity contribution in [3.8, 4) is 0 Å². The first kappa shape index (κ1) is 10.8. The Morgan fingerprint density at radius 3 is 2.21 bits per heavy atom. The van der Waals surface area contributed by atoms with E-state index in [9.17, 15) is 23.1 Å². The summed E-state index contributed by atoms with van der Waals surface area (Å²) in [5.41, 5.74) is -3.98. The van der Waals surface area contributed by atoms with Crippen molar-refractivity contribution in [2.24, 2.45) is 0 Å². The third-order valence-corrected chi connectivity index (χ3v) is 2.10. The molecule has 0 aromatic rings. The predicted octanol–water partition coefficient (Wildman–Crippen LogP) is -0.139. The lowest BCUT2D eigenvalue weighted by Gasteiger charge is -2.26. The minimum absolute atomic E-state index is 0.259. The second-order valence-corrected chi connectivity index (χ2v) is 2.91. The molecule has 0 spiro atoms. The number of nitrogens with one attached hydrogen (secondary N) is 2. The number of rotatable bonds is 1. The van der Waals surface area contributed by atoms with Gasteiger partial charge >= 0.3 is 6.18 Å². The molecule has 0 aromatic heterocycles. The van der Waals surface area contributed by atoms with Crippen LogP contribution < -0.4 is 10.6 Å². The van der Waals surface area contributed by atoms with Gasteiger partial charge in [-0.05, 0) is 6.92 Å². The third kappa shape index (κ3) is 1.24. The van der Waals surface area contributed by atoms with Crippen LogP contribution in [0.4, 0.5) is 13.2 Å². The summed E-state index contributed by atoms with van der Waals surface area (Å²) in [6.45, 7) is 1.04. The Labute approximate surface area is 77.8 Å². The molecule has 0 saturated heterocycles. The fourth-order valence-corrected chi connectivity index (χ4v) is 1.26. The summed E-state index contributed by atoms with van der Waals surface area (Å²) in [5.74, 6) is -0.968. The van der Waals surface area contributed by atoms with E-state index in [0.29, 0.717) is 0 Å². The Morgan fingerprint density at radius 1 is 1.50 bits per heavy atom. The Kier molecular flexibility index (Phi) is 2.23. The van der Waals surface area contributed by atoms with E-state index in [0.717, 1.165) is 6.92 Å². The summed E-state index contributed by atoms with van der Waals surface area (Å²) in [5, 5.41) is 13.0. The van der Waals surface area contributed by atoms with E-state index in [1.54, 1.807) is 0 Å². The first-order valence-electron chi connectivity index (χ1n) is 3.74. The van der Waals surface area contributed by atoms with Gasteiger partial charge < -0.3 is 15.7 Å². The van der Waals surface area contributed by atoms with Gasteiger partial charge in [-0.1, -0.05) is 0 Å². The Balaban J connectivity index is 3.20. The van der Waals surface area contributed by atoms with Gasteiger partial charge in [0, 0.05) is 12.6 Å². The largest absolute Gasteiger partial charge is 0.440 e. The van der Waals surface area contributed by atoms with Gasteiger partial charge in [0.2, 0.25) is 0 Å². The van der Waals surface area contributed by atoms with E-state index >= 15 is 0 Å². The molecule has 4 nitrogen and oxygen atoms in total. The Morgan fingerprint density at radius 2 is 2.00 bits per heavy atom. The van der Waals surface area contributed by atoms with Crippen molar-refractivity contribution in [2.75, 3.05) is 7.05 Å². The quantitative estimate of drug-likeness (QED) is 0.564. The highest BCUT2D eigenvalue weighted by Gasteiger charge is 2.60. The first-order chi connectivity index (χ1) is 6.24. The van der Waals surface area contributed by atoms with Gasteiger partial charge in [0.15, 0.2) is 0 Å². The van der Waals surface area contributed by atoms with Crippen molar-refractivity contribution < 1.29 is 23.1 Å². The summed E-state index contributed by atoms with van der Waals surface area (Å²) >= 11 is 0. The van der Waals surface area contributed by atoms with E-state index in [4.69, 9.17) is 0 Å². The SMILES string of the molecule is CNC1=C(C)C(O)(C(F)(F)F)NC1=O. The van der Waals surface area contributed by atoms with Crippen molar-refractivity contribution in [3.05, 3.63) is 11.3 Å². The zero-order valence-corrected chi connectivity index (χ0v) is 7.49. The lowest BCUT2D eigenvalue weighted by atomic mass is 10.1. The second-order valence-electron chi connectivity index (χ2n) is 2.91. The van der Waals surface area contributed by atoms with Crippen LogP contribution in [0.15, 0.2) is 11.3 Å². The maximum Gasteiger partial charge on any atom is 0.440 e. The molecule has 1 unspecified atom stereocenters. The molecule has 1 atom stereocenters. The van der Waals surface area contributed by atoms with Gasteiger partial charge in [0.05, 0.1) is 0 Å². The van der Waals surface area contributed by atoms with Crippen molar-refractivity contribution in [2.45, 2.75) is 18.8 Å². The number of alkyl halides is 3. The Bertz CT molecular complexity index is 311. The minimum Gasteiger partial charge on any atom is -0.384 e. The molecule has 1 aliphatic rings. The molecule has 1 amide bonds. The topological polar surface area (TPSA) is 61.4 Å². The summed E-state index contributed by atoms with van der Waals surface area (Å²) in [7, 11) is 1.31. The standard InChI is InChI=1S/C7H9F3N2O2/c1-3-4(11-2)5(13)12-6(3,14)7(8,9)10/h11,14H,1-2H3,(H,12,13). The van der Waals surface area contributed by atoms with Gasteiger partial charge in [-0.15, -0.1) is 0 Å². The van der Waals surface area contributed by atoms with Gasteiger partial charge in [0.1, 0.15) is 5.70 Å². The molecule has 14 heavy (non-hydrogen) atoms. The summed E-state index contributed by atoms with van der Waals surface area (Å²) in [4.78, 5) is 11.0. The normalized spacial score (nSPS) is 28.0. The van der Waals surface area contributed by atoms with Gasteiger partial charge in [-0.2, -0.15) is 13.2 Å². The molecule has 1 heterocycles. The van der Waals surface area contributed by atoms with Crippen LogP contribution in [-0.2, 0) is 4.79 Å². The fourth-order valence-electron chi connectivity index (χ4n) is 1.26. The van der Waals surface area contributed by atoms with Crippen LogP contribution in [0.3, 0.4) is 0 Å². The van der Waals surface area contributed by atoms with Gasteiger partial charge in [-0.25, -0.2) is 0 Å². The highest BCUT2D eigenvalue weighted by atomic mass is 19.4. The lowest BCUT2D eigenvalue weighted by Crippen LogP contribution is -2.55. The molecule has 0 saturated carbocycles. The number of halogens is 3. The molecule has 1 rings (SSSR count). The number of amides is 1. The maximum absolute atomic E-state index is 12.4. The molecule has 3 N–H and O–H groups in total. The van der Waals surface area contributed by atoms with Crippen LogP contribution in [0.1, 0.15) is 6.92 Å². The van der Waals surface area contributed by atoms with Crippen LogP contribution in [0.2, 0.25) is 0 Å². The van der Waals surface area contributed by atoms with Crippen LogP contribution in [0.25, 0.3) is 0 Å². The molecule has 80 valence electrons. The van der Waals surface area contributed by atoms with E-state index in [1.807, 2.05) is 0 Å². The smallest absolute Gasteiger partial charge is 0.384 e. The van der Waals surface area contributed by atoms with Crippen molar-refractivity contribution in [1.82, 2.24) is 10.6 Å². The van der Waals surface area contributed by atoms with Crippen LogP contribution in [-0.4, -0.2) is 30.0 Å². The van der Waals surface area contributed by atoms with E-state index in [2.05, 4.69) is 5.32 Å². The maximum atomic E-state index is 12.4. The van der Waals surface area contributed by atoms with E-state index in [-0.39, 0.29) is 5.70 Å². The molecule has 0 bridgehead atoms. The number of carbonyl (C=O) groups excluding carboxylic acids is 1. The zero-order chi connectivity index (χ0) is 11.1. The first-order valence-corrected chi connectivity index (χ1v) is 3.74. The lowest BCUT2D eigenvalue weighted by molar-refractivity contribution is -0.251. The van der Waals surface area contributed by atoms with Gasteiger partial charge in [0.25, 0.3) is 11.6 Å². The zero-order valence-electron chi connectivity index (χ0n) is 7.49. The molecule has 0 fully saturated rings. The average Bonchev–Trinajstić information content (AvgIpc) is 2.23. The second kappa shape index (κ2) is 2.88. The number of carbonyl (C=O) groups is 1. The minimum atomic E-state index is -4.93. The molecule has 1 aliphatic heterocycles. The van der Waals surface area contributed by atoms with E-state index in [1.165, 1.54) is 12.4 Å². The molecular formula is C7H9F3N2O2. The number of likely N-dealkylation sites (N-methyl/N-ethyl adjacent to an activating group) is 1. The molecule has 0 aromatic carbocycles. The monoisotopic (exact) mass is 210 g/mol. The number of aliphatic hydroxyl groups is 1. The van der Waals surface area contributed by atoms with Crippen molar-refractivity contribution >= 4 is 5.91 Å². The highest BCUT2D eigenvalue weighted by molar-refractivity contribution is 5.97. The predicted molar refractivity (Wildman–Crippen MR) is 40.9 cm³/mol. The number of hydrogen-bond donors (Lipinski definition) is 3. The Hall–Kier alpha value is -1.24. The molecule has 7 heteroatoms. The van der Waals surface area contributed by atoms with Crippen molar-refractivity contribution in [3.63, 3.8) is 0 Å². The average molecular weight is 210 g/mol. The summed E-state index contributed by atoms with van der Waals surface area (Å²) < 4.78 is 37.1. The van der Waals surface area contributed by atoms with Crippen LogP contribution in [0, 0.1) is 0 Å². The van der Waals surface area contributed by atoms with E-state index < -0.39 is 23.4 Å². The fraction of sp³-hybridized carbons (Fsp3) is 0.571. The summed E-state index contributed by atoms with van der Waals surface area (Å²) in [6, 6.07) is 0. The highest BCUT2D eigenvalue weighted by Crippen LogP contribution is 2.37. The van der Waals surface area contributed by atoms with Crippen molar-refractivity contribution in [1.29, 1.82) is 0 Å². The molecular weight excluding hydrogens is 201 g/mol. The molecule has 0 aliphatic carbocycles. The van der Waals surface area contributed by atoms with Crippen LogP contribution in [0.5, 0.6) is 0 Å². The third-order valence-electron chi connectivity index (χ3n) is 2.10. The molecule has 0 radical (unpaired) electrons.